The minimum absolute atomic E-state index is 0.0198. The average molecular weight is 772 g/mol. The van der Waals surface area contributed by atoms with Crippen LogP contribution in [0.1, 0.15) is 116 Å². The molecule has 2 saturated carbocycles. The minimum Gasteiger partial charge on any atom is -0.460 e. The molecule has 0 radical (unpaired) electrons. The summed E-state index contributed by atoms with van der Waals surface area (Å²) < 4.78 is 37.2. The van der Waals surface area contributed by atoms with E-state index in [1.54, 1.807) is 6.07 Å². The molecule has 1 amide bonds. The van der Waals surface area contributed by atoms with Crippen LogP contribution in [-0.4, -0.2) is 45.3 Å². The number of hydrogen-bond donors (Lipinski definition) is 2. The molecule has 51 heavy (non-hydrogen) atoms. The van der Waals surface area contributed by atoms with Gasteiger partial charge in [0.25, 0.3) is 0 Å². The number of esters is 1. The van der Waals surface area contributed by atoms with Gasteiger partial charge in [-0.05, 0) is 110 Å². The summed E-state index contributed by atoms with van der Waals surface area (Å²) in [6.07, 6.45) is 8.37. The number of hydrogen-bond acceptors (Lipinski definition) is 9. The summed E-state index contributed by atoms with van der Waals surface area (Å²) in [6, 6.07) is 5.99. The molecule has 0 unspecified atom stereocenters. The Bertz CT molecular complexity index is 1590. The van der Waals surface area contributed by atoms with E-state index in [4.69, 9.17) is 60.5 Å². The van der Waals surface area contributed by atoms with E-state index in [1.807, 2.05) is 47.6 Å². The van der Waals surface area contributed by atoms with Crippen molar-refractivity contribution in [3.05, 3.63) is 56.0 Å². The van der Waals surface area contributed by atoms with Gasteiger partial charge in [-0.1, -0.05) is 47.6 Å². The van der Waals surface area contributed by atoms with Gasteiger partial charge in [-0.3, -0.25) is 4.79 Å². The van der Waals surface area contributed by atoms with Crippen molar-refractivity contribution in [3.63, 3.8) is 0 Å². The lowest BCUT2D eigenvalue weighted by Crippen LogP contribution is -2.44. The molecule has 0 spiro atoms. The predicted molar refractivity (Wildman–Crippen MR) is 192 cm³/mol. The number of ether oxygens (including phenoxy) is 2. The molecular formula is C36H47Cl3F2N6O4. The quantitative estimate of drug-likeness (QED) is 0.223. The Morgan fingerprint density at radius 1 is 0.843 bits per heavy atom. The molecule has 2 fully saturated rings. The molecule has 2 aliphatic rings. The summed E-state index contributed by atoms with van der Waals surface area (Å²) in [5.74, 6) is -0.899. The van der Waals surface area contributed by atoms with E-state index in [1.165, 1.54) is 0 Å². The van der Waals surface area contributed by atoms with E-state index < -0.39 is 22.8 Å². The highest BCUT2D eigenvalue weighted by molar-refractivity contribution is 6.33. The van der Waals surface area contributed by atoms with Crippen LogP contribution in [0.15, 0.2) is 12.1 Å². The highest BCUT2D eigenvalue weighted by atomic mass is 35.5. The molecule has 4 atom stereocenters. The van der Waals surface area contributed by atoms with Gasteiger partial charge in [0, 0.05) is 18.5 Å². The number of nitrogens with zero attached hydrogens (tertiary/aromatic N) is 4. The number of nitrogens with two attached hydrogens (primary N) is 1. The van der Waals surface area contributed by atoms with Crippen LogP contribution in [-0.2, 0) is 20.7 Å². The van der Waals surface area contributed by atoms with Crippen molar-refractivity contribution in [2.45, 2.75) is 129 Å². The zero-order chi connectivity index (χ0) is 38.5. The Hall–Kier alpha value is -3.29. The number of alkyl carbamates (subject to hydrolysis) is 1. The van der Waals surface area contributed by atoms with E-state index in [0.29, 0.717) is 18.5 Å². The maximum absolute atomic E-state index is 14.1. The van der Waals surface area contributed by atoms with Crippen LogP contribution in [0.2, 0.25) is 15.5 Å². The van der Waals surface area contributed by atoms with E-state index in [0.717, 1.165) is 63.5 Å². The number of halogens is 5. The third-order valence-electron chi connectivity index (χ3n) is 7.81. The Morgan fingerprint density at radius 2 is 1.39 bits per heavy atom. The molecule has 2 aliphatic carbocycles. The molecule has 3 N–H and O–H groups in total. The molecule has 0 aromatic carbocycles. The van der Waals surface area contributed by atoms with Crippen LogP contribution in [0.5, 0.6) is 0 Å². The van der Waals surface area contributed by atoms with E-state index >= 15 is 0 Å². The zero-order valence-corrected chi connectivity index (χ0v) is 32.2. The minimum atomic E-state index is -0.743. The van der Waals surface area contributed by atoms with Gasteiger partial charge in [0.2, 0.25) is 0 Å². The number of nitriles is 2. The lowest BCUT2D eigenvalue weighted by Gasteiger charge is -2.29. The lowest BCUT2D eigenvalue weighted by molar-refractivity contribution is -0.156. The van der Waals surface area contributed by atoms with Gasteiger partial charge < -0.3 is 20.5 Å². The van der Waals surface area contributed by atoms with E-state index in [2.05, 4.69) is 15.3 Å². The SMILES string of the molecule is CC(C)(C)OC(=O)C[C@H]1CCC[C@@H](Cc2nc(Cl)c(C#N)cc2F)C1.CC(C)(C)OC(=O)N[C@H]1CCC[C@@H](N)C1.N#Cc1cc(F)c(Cl)nc1Cl. The lowest BCUT2D eigenvalue weighted by atomic mass is 9.78. The van der Waals surface area contributed by atoms with Crippen molar-refractivity contribution in [2.75, 3.05) is 0 Å². The molecule has 0 saturated heterocycles. The van der Waals surface area contributed by atoms with E-state index in [-0.39, 0.29) is 62.6 Å². The molecule has 2 heterocycles. The van der Waals surface area contributed by atoms with E-state index in [9.17, 15) is 18.4 Å². The van der Waals surface area contributed by atoms with Crippen molar-refractivity contribution in [1.29, 1.82) is 10.5 Å². The van der Waals surface area contributed by atoms with Gasteiger partial charge in [-0.15, -0.1) is 0 Å². The molecule has 15 heteroatoms. The fourth-order valence-corrected chi connectivity index (χ4v) is 6.31. The summed E-state index contributed by atoms with van der Waals surface area (Å²) in [5, 5.41) is 19.7. The standard InChI is InChI=1S/C19H24ClFN2O2.C11H22N2O2.C6HCl2FN2/c1-19(2,3)25-17(24)9-13-6-4-5-12(7-13)8-16-15(21)10-14(11-22)18(20)23-16;1-11(2,3)15-10(14)13-9-6-4-5-8(12)7-9;7-5-3(2-10)1-4(9)6(8)11-5/h10,12-13H,4-9H2,1-3H3;8-9H,4-7,12H2,1-3H3,(H,13,14);1H/t12-,13+;8-,9+;/m11./s1. The Balaban J connectivity index is 0.000000293. The summed E-state index contributed by atoms with van der Waals surface area (Å²) in [4.78, 5) is 30.9. The van der Waals surface area contributed by atoms with Gasteiger partial charge in [0.15, 0.2) is 11.0 Å². The van der Waals surface area contributed by atoms with Gasteiger partial charge in [0.1, 0.15) is 39.5 Å². The fourth-order valence-electron chi connectivity index (χ4n) is 5.75. The van der Waals surface area contributed by atoms with Crippen molar-refractivity contribution in [1.82, 2.24) is 15.3 Å². The third-order valence-corrected chi connectivity index (χ3v) is 8.66. The number of amides is 1. The maximum Gasteiger partial charge on any atom is 0.407 e. The van der Waals surface area contributed by atoms with Crippen molar-refractivity contribution >= 4 is 46.9 Å². The first-order chi connectivity index (χ1) is 23.7. The smallest absolute Gasteiger partial charge is 0.407 e. The average Bonchev–Trinajstić information content (AvgIpc) is 2.99. The number of carbonyl (C=O) groups is 2. The van der Waals surface area contributed by atoms with Gasteiger partial charge in [-0.25, -0.2) is 23.5 Å². The predicted octanol–water partition coefficient (Wildman–Crippen LogP) is 9.01. The Kier molecular flexibility index (Phi) is 17.3. The molecule has 10 nitrogen and oxygen atoms in total. The first-order valence-electron chi connectivity index (χ1n) is 16.8. The summed E-state index contributed by atoms with van der Waals surface area (Å²) in [7, 11) is 0. The van der Waals surface area contributed by atoms with Gasteiger partial charge >= 0.3 is 12.1 Å². The zero-order valence-electron chi connectivity index (χ0n) is 29.9. The Morgan fingerprint density at radius 3 is 1.96 bits per heavy atom. The number of pyridine rings is 2. The molecule has 2 aromatic heterocycles. The molecular weight excluding hydrogens is 725 g/mol. The molecule has 4 rings (SSSR count). The maximum atomic E-state index is 14.1. The molecule has 0 aliphatic heterocycles. The van der Waals surface area contributed by atoms with Crippen molar-refractivity contribution in [2.24, 2.45) is 17.6 Å². The number of nitrogens with one attached hydrogen (secondary N) is 1. The van der Waals surface area contributed by atoms with Gasteiger partial charge in [-0.2, -0.15) is 10.5 Å². The summed E-state index contributed by atoms with van der Waals surface area (Å²) in [5.41, 5.74) is 5.26. The topological polar surface area (TPSA) is 164 Å². The highest BCUT2D eigenvalue weighted by Gasteiger charge is 2.28. The van der Waals surface area contributed by atoms with Crippen LogP contribution in [0.4, 0.5) is 13.6 Å². The van der Waals surface area contributed by atoms with Crippen LogP contribution >= 0.6 is 34.8 Å². The first kappa shape index (κ1) is 43.9. The second kappa shape index (κ2) is 20.1. The van der Waals surface area contributed by atoms with Crippen LogP contribution in [0, 0.1) is 46.1 Å². The number of rotatable bonds is 5. The first-order valence-corrected chi connectivity index (χ1v) is 18.0. The second-order valence-electron chi connectivity index (χ2n) is 14.7. The van der Waals surface area contributed by atoms with Crippen LogP contribution in [0.25, 0.3) is 0 Å². The normalized spacial score (nSPS) is 20.2. The molecule has 0 bridgehead atoms. The highest BCUT2D eigenvalue weighted by Crippen LogP contribution is 2.34. The second-order valence-corrected chi connectivity index (χ2v) is 15.8. The third kappa shape index (κ3) is 16.7. The number of aromatic nitrogens is 2. The largest absolute Gasteiger partial charge is 0.460 e. The van der Waals surface area contributed by atoms with Crippen LogP contribution < -0.4 is 11.1 Å². The van der Waals surface area contributed by atoms with Crippen LogP contribution in [0.3, 0.4) is 0 Å². The van der Waals surface area contributed by atoms with Crippen molar-refractivity contribution in [3.8, 4) is 12.1 Å². The fraction of sp³-hybridized carbons (Fsp3) is 0.611. The Labute approximate surface area is 314 Å². The summed E-state index contributed by atoms with van der Waals surface area (Å²) >= 11 is 16.6. The molecule has 2 aromatic rings. The van der Waals surface area contributed by atoms with Crippen molar-refractivity contribution < 1.29 is 27.8 Å². The number of carbonyl (C=O) groups excluding carboxylic acids is 2. The summed E-state index contributed by atoms with van der Waals surface area (Å²) in [6.45, 7) is 11.2. The van der Waals surface area contributed by atoms with Gasteiger partial charge in [0.05, 0.1) is 16.8 Å². The monoisotopic (exact) mass is 770 g/mol. The molecule has 280 valence electrons.